The van der Waals surface area contributed by atoms with Crippen LogP contribution in [0.1, 0.15) is 30.0 Å². The minimum absolute atomic E-state index is 0.476. The average molecular weight is 276 g/mol. The smallest absolute Gasteiger partial charge is 0.214 e. The molecule has 2 aromatic heterocycles. The summed E-state index contributed by atoms with van der Waals surface area (Å²) in [5, 5.41) is 5.46. The zero-order chi connectivity index (χ0) is 13.7. The second-order valence-corrected chi connectivity index (χ2v) is 5.89. The Bertz CT molecular complexity index is 509. The molecule has 0 saturated heterocycles. The molecule has 2 rings (SSSR count). The van der Waals surface area contributed by atoms with Gasteiger partial charge < -0.3 is 10.1 Å². The van der Waals surface area contributed by atoms with Gasteiger partial charge in [0.1, 0.15) is 6.61 Å². The summed E-state index contributed by atoms with van der Waals surface area (Å²) < 4.78 is 5.75. The van der Waals surface area contributed by atoms with Crippen molar-refractivity contribution in [3.63, 3.8) is 0 Å². The second kappa shape index (κ2) is 6.68. The van der Waals surface area contributed by atoms with Crippen LogP contribution in [-0.2, 0) is 13.2 Å². The molecule has 0 amide bonds. The lowest BCUT2D eigenvalue weighted by Crippen LogP contribution is -2.21. The molecule has 0 aliphatic rings. The summed E-state index contributed by atoms with van der Waals surface area (Å²) in [7, 11) is 0. The first-order valence-electron chi connectivity index (χ1n) is 6.49. The molecule has 0 spiro atoms. The molecular formula is C15H20N2OS. The third-order valence-electron chi connectivity index (χ3n) is 2.65. The van der Waals surface area contributed by atoms with E-state index in [4.69, 9.17) is 4.74 Å². The largest absolute Gasteiger partial charge is 0.472 e. The van der Waals surface area contributed by atoms with Crippen LogP contribution in [0.4, 0.5) is 0 Å². The van der Waals surface area contributed by atoms with Crippen LogP contribution in [0.25, 0.3) is 0 Å². The third-order valence-corrected chi connectivity index (χ3v) is 3.50. The first kappa shape index (κ1) is 14.0. The van der Waals surface area contributed by atoms with Crippen molar-refractivity contribution in [3.8, 4) is 5.88 Å². The first-order chi connectivity index (χ1) is 9.13. The standard InChI is InChI=1S/C15H20N2OS/c1-11(2)16-9-13-7-12(3)17-15(8-13)18-10-14-5-4-6-19-14/h4-8,11,16H,9-10H2,1-3H3. The van der Waals surface area contributed by atoms with Crippen molar-refractivity contribution in [2.45, 2.75) is 40.0 Å². The normalized spacial score (nSPS) is 10.9. The molecule has 0 bridgehead atoms. The molecular weight excluding hydrogens is 256 g/mol. The highest BCUT2D eigenvalue weighted by molar-refractivity contribution is 7.09. The van der Waals surface area contributed by atoms with Crippen LogP contribution in [0.5, 0.6) is 5.88 Å². The van der Waals surface area contributed by atoms with Crippen LogP contribution in [0, 0.1) is 6.92 Å². The fourth-order valence-electron chi connectivity index (χ4n) is 1.74. The van der Waals surface area contributed by atoms with Crippen molar-refractivity contribution >= 4 is 11.3 Å². The Morgan fingerprint density at radius 1 is 1.37 bits per heavy atom. The molecule has 2 heterocycles. The van der Waals surface area contributed by atoms with Gasteiger partial charge in [-0.1, -0.05) is 19.9 Å². The zero-order valence-corrected chi connectivity index (χ0v) is 12.5. The summed E-state index contributed by atoms with van der Waals surface area (Å²) in [6.45, 7) is 7.71. The van der Waals surface area contributed by atoms with Crippen LogP contribution >= 0.6 is 11.3 Å². The minimum atomic E-state index is 0.476. The van der Waals surface area contributed by atoms with E-state index in [1.807, 2.05) is 19.1 Å². The lowest BCUT2D eigenvalue weighted by atomic mass is 10.2. The van der Waals surface area contributed by atoms with Gasteiger partial charge >= 0.3 is 0 Å². The van der Waals surface area contributed by atoms with E-state index in [1.165, 1.54) is 10.4 Å². The number of ether oxygens (including phenoxy) is 1. The third kappa shape index (κ3) is 4.65. The molecule has 0 saturated carbocycles. The Kier molecular flexibility index (Phi) is 4.93. The van der Waals surface area contributed by atoms with Gasteiger partial charge in [-0.25, -0.2) is 4.98 Å². The topological polar surface area (TPSA) is 34.1 Å². The Labute approximate surface area is 118 Å². The number of pyridine rings is 1. The van der Waals surface area contributed by atoms with Gasteiger partial charge in [-0.05, 0) is 30.0 Å². The molecule has 0 fully saturated rings. The van der Waals surface area contributed by atoms with Crippen LogP contribution in [0.3, 0.4) is 0 Å². The Hall–Kier alpha value is -1.39. The van der Waals surface area contributed by atoms with E-state index in [0.29, 0.717) is 18.5 Å². The van der Waals surface area contributed by atoms with E-state index >= 15 is 0 Å². The van der Waals surface area contributed by atoms with Crippen molar-refractivity contribution in [1.82, 2.24) is 10.3 Å². The maximum atomic E-state index is 5.75. The molecule has 0 atom stereocenters. The summed E-state index contributed by atoms with van der Waals surface area (Å²) >= 11 is 1.70. The molecule has 3 nitrogen and oxygen atoms in total. The van der Waals surface area contributed by atoms with E-state index in [9.17, 15) is 0 Å². The predicted molar refractivity (Wildman–Crippen MR) is 79.6 cm³/mol. The van der Waals surface area contributed by atoms with Crippen molar-refractivity contribution in [2.24, 2.45) is 0 Å². The molecule has 4 heteroatoms. The van der Waals surface area contributed by atoms with Crippen molar-refractivity contribution in [3.05, 3.63) is 45.8 Å². The Morgan fingerprint density at radius 3 is 2.89 bits per heavy atom. The molecule has 0 unspecified atom stereocenters. The van der Waals surface area contributed by atoms with Gasteiger partial charge in [0.15, 0.2) is 0 Å². The second-order valence-electron chi connectivity index (χ2n) is 4.86. The molecule has 19 heavy (non-hydrogen) atoms. The molecule has 0 radical (unpaired) electrons. The Balaban J connectivity index is 1.99. The van der Waals surface area contributed by atoms with Crippen molar-refractivity contribution < 1.29 is 4.74 Å². The maximum Gasteiger partial charge on any atom is 0.214 e. The minimum Gasteiger partial charge on any atom is -0.472 e. The number of nitrogens with zero attached hydrogens (tertiary/aromatic N) is 1. The van der Waals surface area contributed by atoms with Crippen LogP contribution in [0.2, 0.25) is 0 Å². The van der Waals surface area contributed by atoms with Crippen LogP contribution in [0.15, 0.2) is 29.6 Å². The molecule has 0 aromatic carbocycles. The highest BCUT2D eigenvalue weighted by atomic mass is 32.1. The van der Waals surface area contributed by atoms with Gasteiger partial charge in [-0.2, -0.15) is 0 Å². The summed E-state index contributed by atoms with van der Waals surface area (Å²) in [5.74, 6) is 0.703. The van der Waals surface area contributed by atoms with Gasteiger partial charge in [0, 0.05) is 29.2 Å². The summed E-state index contributed by atoms with van der Waals surface area (Å²) in [5.41, 5.74) is 2.20. The molecule has 2 aromatic rings. The van der Waals surface area contributed by atoms with Gasteiger partial charge in [-0.3, -0.25) is 0 Å². The van der Waals surface area contributed by atoms with Crippen molar-refractivity contribution in [1.29, 1.82) is 0 Å². The SMILES string of the molecule is Cc1cc(CNC(C)C)cc(OCc2cccs2)n1. The van der Waals surface area contributed by atoms with E-state index in [2.05, 4.69) is 41.7 Å². The highest BCUT2D eigenvalue weighted by Crippen LogP contribution is 2.16. The number of nitrogens with one attached hydrogen (secondary N) is 1. The van der Waals surface area contributed by atoms with Gasteiger partial charge in [0.25, 0.3) is 0 Å². The molecule has 102 valence electrons. The summed E-state index contributed by atoms with van der Waals surface area (Å²) in [6.07, 6.45) is 0. The van der Waals surface area contributed by atoms with Gasteiger partial charge in [-0.15, -0.1) is 11.3 Å². The number of aryl methyl sites for hydroxylation is 1. The van der Waals surface area contributed by atoms with Gasteiger partial charge in [0.05, 0.1) is 0 Å². The Morgan fingerprint density at radius 2 is 2.21 bits per heavy atom. The summed E-state index contributed by atoms with van der Waals surface area (Å²) in [6, 6.07) is 8.68. The van der Waals surface area contributed by atoms with Crippen LogP contribution < -0.4 is 10.1 Å². The lowest BCUT2D eigenvalue weighted by Gasteiger charge is -2.11. The lowest BCUT2D eigenvalue weighted by molar-refractivity contribution is 0.296. The van der Waals surface area contributed by atoms with Crippen LogP contribution in [-0.4, -0.2) is 11.0 Å². The monoisotopic (exact) mass is 276 g/mol. The number of rotatable bonds is 6. The molecule has 0 aliphatic heterocycles. The average Bonchev–Trinajstić information content (AvgIpc) is 2.86. The molecule has 0 aliphatic carbocycles. The maximum absolute atomic E-state index is 5.75. The number of aromatic nitrogens is 1. The first-order valence-corrected chi connectivity index (χ1v) is 7.37. The predicted octanol–water partition coefficient (Wildman–Crippen LogP) is 3.53. The number of hydrogen-bond acceptors (Lipinski definition) is 4. The fourth-order valence-corrected chi connectivity index (χ4v) is 2.36. The number of thiophene rings is 1. The zero-order valence-electron chi connectivity index (χ0n) is 11.6. The highest BCUT2D eigenvalue weighted by Gasteiger charge is 2.03. The summed E-state index contributed by atoms with van der Waals surface area (Å²) in [4.78, 5) is 5.63. The fraction of sp³-hybridized carbons (Fsp3) is 0.400. The molecule has 1 N–H and O–H groups in total. The quantitative estimate of drug-likeness (QED) is 0.876. The van der Waals surface area contributed by atoms with E-state index < -0.39 is 0 Å². The number of hydrogen-bond donors (Lipinski definition) is 1. The van der Waals surface area contributed by atoms with E-state index in [1.54, 1.807) is 11.3 Å². The van der Waals surface area contributed by atoms with Gasteiger partial charge in [0.2, 0.25) is 5.88 Å². The van der Waals surface area contributed by atoms with E-state index in [0.717, 1.165) is 12.2 Å². The van der Waals surface area contributed by atoms with E-state index in [-0.39, 0.29) is 0 Å². The van der Waals surface area contributed by atoms with Crippen molar-refractivity contribution in [2.75, 3.05) is 0 Å².